The van der Waals surface area contributed by atoms with Crippen LogP contribution in [-0.2, 0) is 25.7 Å². The number of carbonyl (C=O) groups excluding carboxylic acids is 4. The largest absolute Gasteiger partial charge is 0.445 e. The van der Waals surface area contributed by atoms with Crippen molar-refractivity contribution in [3.63, 3.8) is 0 Å². The van der Waals surface area contributed by atoms with E-state index in [1.807, 2.05) is 30.3 Å². The summed E-state index contributed by atoms with van der Waals surface area (Å²) in [4.78, 5) is 49.9. The summed E-state index contributed by atoms with van der Waals surface area (Å²) in [6.07, 6.45) is 0.452. The highest BCUT2D eigenvalue weighted by Gasteiger charge is 2.33. The van der Waals surface area contributed by atoms with Gasteiger partial charge in [-0.05, 0) is 45.6 Å². The fourth-order valence-electron chi connectivity index (χ4n) is 3.23. The molecule has 1 aliphatic rings. The fraction of sp³-hybridized carbons (Fsp3) is 0.565. The van der Waals surface area contributed by atoms with Crippen LogP contribution in [0.4, 0.5) is 9.59 Å². The van der Waals surface area contributed by atoms with Crippen molar-refractivity contribution < 1.29 is 28.7 Å². The molecule has 1 fully saturated rings. The van der Waals surface area contributed by atoms with E-state index in [9.17, 15) is 19.2 Å². The number of rotatable bonds is 9. The van der Waals surface area contributed by atoms with Crippen LogP contribution in [0, 0.1) is 0 Å². The summed E-state index contributed by atoms with van der Waals surface area (Å²) in [5, 5.41) is 9.04. The second kappa shape index (κ2) is 12.7. The number of amides is 4. The standard InChI is InChI=1S/C23H33N4O6/c1-23(2,3)33-22(31)25-12-8-7-11-18-20(29)24-13-14-27(18)19(28)15-26-21(30)32-16-17-9-5-4-6-10-17/h4-6,9-10,18H,7-8,11-16H2,1-3H3,(H,25,31)(H,26,30). The van der Waals surface area contributed by atoms with E-state index in [2.05, 4.69) is 16.0 Å². The summed E-state index contributed by atoms with van der Waals surface area (Å²) < 4.78 is 10.3. The molecule has 1 saturated heterocycles. The molecule has 0 bridgehead atoms. The van der Waals surface area contributed by atoms with Crippen LogP contribution in [0.3, 0.4) is 0 Å². The molecule has 181 valence electrons. The van der Waals surface area contributed by atoms with E-state index in [4.69, 9.17) is 9.47 Å². The van der Waals surface area contributed by atoms with Gasteiger partial charge in [0, 0.05) is 13.1 Å². The highest BCUT2D eigenvalue weighted by atomic mass is 16.6. The summed E-state index contributed by atoms with van der Waals surface area (Å²) in [6, 6.07) is 8.53. The number of piperazine rings is 1. The zero-order valence-electron chi connectivity index (χ0n) is 19.5. The third-order valence-electron chi connectivity index (χ3n) is 4.76. The minimum absolute atomic E-state index is 0.0991. The van der Waals surface area contributed by atoms with Gasteiger partial charge in [0.15, 0.2) is 0 Å². The number of hydrogen-bond donors (Lipinski definition) is 2. The van der Waals surface area contributed by atoms with Gasteiger partial charge in [-0.2, -0.15) is 0 Å². The molecule has 0 saturated carbocycles. The van der Waals surface area contributed by atoms with Crippen molar-refractivity contribution in [3.05, 3.63) is 35.9 Å². The normalized spacial score (nSPS) is 15.9. The van der Waals surface area contributed by atoms with Crippen LogP contribution < -0.4 is 16.0 Å². The second-order valence-corrected chi connectivity index (χ2v) is 8.66. The third kappa shape index (κ3) is 9.80. The third-order valence-corrected chi connectivity index (χ3v) is 4.76. The van der Waals surface area contributed by atoms with Gasteiger partial charge in [0.2, 0.25) is 5.91 Å². The maximum atomic E-state index is 12.6. The molecule has 0 aromatic heterocycles. The Morgan fingerprint density at radius 1 is 1.09 bits per heavy atom. The fourth-order valence-corrected chi connectivity index (χ4v) is 3.23. The first kappa shape index (κ1) is 26.0. The molecule has 10 heteroatoms. The smallest absolute Gasteiger partial charge is 0.407 e. The number of nitrogens with zero attached hydrogens (tertiary/aromatic N) is 2. The Hall–Kier alpha value is -3.30. The first-order valence-electron chi connectivity index (χ1n) is 11.1. The molecule has 1 aliphatic heterocycles. The van der Waals surface area contributed by atoms with Gasteiger partial charge < -0.3 is 25.0 Å². The lowest BCUT2D eigenvalue weighted by Crippen LogP contribution is -2.56. The zero-order valence-corrected chi connectivity index (χ0v) is 19.5. The number of carbonyl (C=O) groups is 4. The van der Waals surface area contributed by atoms with Crippen LogP contribution in [0.1, 0.15) is 45.6 Å². The van der Waals surface area contributed by atoms with Gasteiger partial charge in [0.1, 0.15) is 24.8 Å². The average molecular weight is 462 g/mol. The monoisotopic (exact) mass is 461 g/mol. The molecule has 2 N–H and O–H groups in total. The van der Waals surface area contributed by atoms with Crippen molar-refractivity contribution in [1.29, 1.82) is 0 Å². The number of hydrogen-bond acceptors (Lipinski definition) is 6. The lowest BCUT2D eigenvalue weighted by Gasteiger charge is -2.34. The topological polar surface area (TPSA) is 128 Å². The summed E-state index contributed by atoms with van der Waals surface area (Å²) in [5.74, 6) is -0.715. The first-order chi connectivity index (χ1) is 15.7. The Balaban J connectivity index is 1.72. The lowest BCUT2D eigenvalue weighted by atomic mass is 10.0. The van der Waals surface area contributed by atoms with E-state index in [0.717, 1.165) is 5.56 Å². The summed E-state index contributed by atoms with van der Waals surface area (Å²) in [7, 11) is 0. The number of alkyl carbamates (subject to hydrolysis) is 2. The van der Waals surface area contributed by atoms with Crippen molar-refractivity contribution in [2.24, 2.45) is 0 Å². The second-order valence-electron chi connectivity index (χ2n) is 8.66. The van der Waals surface area contributed by atoms with Crippen LogP contribution in [-0.4, -0.2) is 66.7 Å². The van der Waals surface area contributed by atoms with E-state index < -0.39 is 23.8 Å². The molecule has 2 rings (SSSR count). The van der Waals surface area contributed by atoms with E-state index in [-0.39, 0.29) is 31.5 Å². The van der Waals surface area contributed by atoms with Crippen molar-refractivity contribution >= 4 is 24.0 Å². The quantitative estimate of drug-likeness (QED) is 0.541. The van der Waals surface area contributed by atoms with E-state index in [0.29, 0.717) is 32.4 Å². The van der Waals surface area contributed by atoms with Crippen LogP contribution in [0.25, 0.3) is 0 Å². The number of benzene rings is 1. The first-order valence-corrected chi connectivity index (χ1v) is 11.1. The molecular formula is C23H33N4O6. The van der Waals surface area contributed by atoms with Crippen LogP contribution in [0.15, 0.2) is 30.3 Å². The molecule has 1 radical (unpaired) electrons. The van der Waals surface area contributed by atoms with Crippen molar-refractivity contribution in [2.45, 2.75) is 58.3 Å². The molecule has 0 aliphatic carbocycles. The summed E-state index contributed by atoms with van der Waals surface area (Å²) in [5.41, 5.74) is 0.270. The molecule has 33 heavy (non-hydrogen) atoms. The maximum absolute atomic E-state index is 12.6. The molecule has 4 amide bonds. The molecule has 1 heterocycles. The number of ether oxygens (including phenoxy) is 2. The van der Waals surface area contributed by atoms with Gasteiger partial charge in [-0.25, -0.2) is 14.9 Å². The van der Waals surface area contributed by atoms with Crippen molar-refractivity contribution in [1.82, 2.24) is 20.9 Å². The van der Waals surface area contributed by atoms with Gasteiger partial charge >= 0.3 is 12.2 Å². The Labute approximate surface area is 194 Å². The van der Waals surface area contributed by atoms with E-state index in [1.165, 1.54) is 4.90 Å². The van der Waals surface area contributed by atoms with Crippen LogP contribution in [0.2, 0.25) is 0 Å². The van der Waals surface area contributed by atoms with Crippen LogP contribution in [0.5, 0.6) is 0 Å². The molecule has 1 atom stereocenters. The Bertz CT molecular complexity index is 809. The zero-order chi connectivity index (χ0) is 24.3. The molecule has 1 aromatic carbocycles. The van der Waals surface area contributed by atoms with Crippen molar-refractivity contribution in [3.8, 4) is 0 Å². The highest BCUT2D eigenvalue weighted by Crippen LogP contribution is 2.13. The minimum atomic E-state index is -0.704. The van der Waals surface area contributed by atoms with Crippen molar-refractivity contribution in [2.75, 3.05) is 26.2 Å². The van der Waals surface area contributed by atoms with Gasteiger partial charge in [-0.1, -0.05) is 30.3 Å². The summed E-state index contributed by atoms with van der Waals surface area (Å²) >= 11 is 0. The van der Waals surface area contributed by atoms with Gasteiger partial charge in [-0.15, -0.1) is 0 Å². The molecular weight excluding hydrogens is 428 g/mol. The van der Waals surface area contributed by atoms with E-state index in [1.54, 1.807) is 20.8 Å². The molecule has 1 unspecified atom stereocenters. The number of unbranched alkanes of at least 4 members (excludes halogenated alkanes) is 1. The molecule has 0 spiro atoms. The Kier molecular flexibility index (Phi) is 9.96. The maximum Gasteiger partial charge on any atom is 0.407 e. The average Bonchev–Trinajstić information content (AvgIpc) is 2.76. The summed E-state index contributed by atoms with van der Waals surface area (Å²) in [6.45, 7) is 6.14. The van der Waals surface area contributed by atoms with Gasteiger partial charge in [0.05, 0.1) is 6.54 Å². The predicted molar refractivity (Wildman–Crippen MR) is 120 cm³/mol. The predicted octanol–water partition coefficient (Wildman–Crippen LogP) is 1.95. The van der Waals surface area contributed by atoms with E-state index >= 15 is 0 Å². The Morgan fingerprint density at radius 3 is 2.52 bits per heavy atom. The molecule has 10 nitrogen and oxygen atoms in total. The van der Waals surface area contributed by atoms with Gasteiger partial charge in [-0.3, -0.25) is 9.59 Å². The van der Waals surface area contributed by atoms with Gasteiger partial charge in [0.25, 0.3) is 5.91 Å². The van der Waals surface area contributed by atoms with Crippen LogP contribution >= 0.6 is 0 Å². The highest BCUT2D eigenvalue weighted by molar-refractivity contribution is 5.90. The Morgan fingerprint density at radius 2 is 1.82 bits per heavy atom. The number of nitrogens with one attached hydrogen (secondary N) is 2. The molecule has 1 aromatic rings. The lowest BCUT2D eigenvalue weighted by molar-refractivity contribution is -0.143. The SMILES string of the molecule is CC(C)(C)OC(=O)NCCCCC1C(=O)[N]CCN1C(=O)CNC(=O)OCc1ccccc1. The minimum Gasteiger partial charge on any atom is -0.445 e.